The summed E-state index contributed by atoms with van der Waals surface area (Å²) in [6.07, 6.45) is 3.93. The number of allylic oxidation sites excluding steroid dienone is 2. The van der Waals surface area contributed by atoms with E-state index < -0.39 is 0 Å². The van der Waals surface area contributed by atoms with E-state index in [0.717, 1.165) is 0 Å². The van der Waals surface area contributed by atoms with Gasteiger partial charge in [0.05, 0.1) is 0 Å². The molecule has 1 aliphatic carbocycles. The lowest BCUT2D eigenvalue weighted by Crippen LogP contribution is -1.72. The van der Waals surface area contributed by atoms with E-state index in [1.54, 1.807) is 11.1 Å². The minimum atomic E-state index is 1.29. The minimum Gasteiger partial charge on any atom is -0.0527 e. The van der Waals surface area contributed by atoms with Gasteiger partial charge in [-0.15, -0.1) is 0 Å². The maximum atomic E-state index is 2.32. The molecule has 2 heteroatoms. The van der Waals surface area contributed by atoms with Crippen LogP contribution in [0.4, 0.5) is 0 Å². The third kappa shape index (κ3) is 1.93. The highest BCUT2D eigenvalue weighted by atomic mass is 127. The van der Waals surface area contributed by atoms with Gasteiger partial charge < -0.3 is 0 Å². The zero-order chi connectivity index (χ0) is 6.69. The van der Waals surface area contributed by atoms with E-state index in [-0.39, 0.29) is 0 Å². The Labute approximate surface area is 83.1 Å². The van der Waals surface area contributed by atoms with Crippen molar-refractivity contribution in [3.63, 3.8) is 0 Å². The normalized spacial score (nSPS) is 28.2. The Balaban J connectivity index is 2.75. The average molecular weight is 346 g/mol. The van der Waals surface area contributed by atoms with Crippen molar-refractivity contribution in [2.24, 2.45) is 0 Å². The fourth-order valence-electron chi connectivity index (χ4n) is 1.04. The molecule has 0 radical (unpaired) electrons. The van der Waals surface area contributed by atoms with Gasteiger partial charge in [-0.2, -0.15) is 0 Å². The molecule has 0 amide bonds. The van der Waals surface area contributed by atoms with Crippen LogP contribution in [0, 0.1) is 0 Å². The van der Waals surface area contributed by atoms with E-state index in [2.05, 4.69) is 53.3 Å². The maximum absolute atomic E-state index is 2.32. The summed E-state index contributed by atoms with van der Waals surface area (Å²) in [4.78, 5) is 0. The van der Waals surface area contributed by atoms with Crippen molar-refractivity contribution in [1.29, 1.82) is 0 Å². The first-order chi connectivity index (χ1) is 4.38. The number of halogens is 2. The van der Waals surface area contributed by atoms with Crippen LogP contribution in [0.15, 0.2) is 19.3 Å². The summed E-state index contributed by atoms with van der Waals surface area (Å²) in [5.41, 5.74) is 3.09. The molecule has 1 rings (SSSR count). The molecule has 0 aromatic rings. The molecular weight excluding hydrogens is 338 g/mol. The summed E-state index contributed by atoms with van der Waals surface area (Å²) < 4.78 is 4.41. The molecular formula is C7H8I2. The predicted octanol–water partition coefficient (Wildman–Crippen LogP) is 3.81. The Hall–Kier alpha value is 0.940. The summed E-state index contributed by atoms with van der Waals surface area (Å²) in [6, 6.07) is 0. The summed E-state index contributed by atoms with van der Waals surface area (Å²) in [6.45, 7) is 0. The lowest BCUT2D eigenvalue weighted by molar-refractivity contribution is 0.934. The smallest absolute Gasteiger partial charge is 0.0199 e. The monoisotopic (exact) mass is 346 g/mol. The Morgan fingerprint density at radius 3 is 1.78 bits per heavy atom. The zero-order valence-electron chi connectivity index (χ0n) is 5.03. The molecule has 0 heterocycles. The van der Waals surface area contributed by atoms with Crippen molar-refractivity contribution in [3.05, 3.63) is 19.3 Å². The summed E-state index contributed by atoms with van der Waals surface area (Å²) in [5.74, 6) is 0. The quantitative estimate of drug-likeness (QED) is 0.586. The molecule has 0 spiro atoms. The van der Waals surface area contributed by atoms with Crippen LogP contribution in [0.3, 0.4) is 0 Å². The van der Waals surface area contributed by atoms with E-state index in [0.29, 0.717) is 0 Å². The molecule has 1 aliphatic rings. The molecule has 9 heavy (non-hydrogen) atoms. The molecule has 50 valence electrons. The standard InChI is InChI=1S/C7H8I2/c8-4-6-2-1-3-7(6)5-9/h4-5H,1-3H2/b6-4-,7-5-. The van der Waals surface area contributed by atoms with E-state index in [4.69, 9.17) is 0 Å². The van der Waals surface area contributed by atoms with E-state index in [9.17, 15) is 0 Å². The van der Waals surface area contributed by atoms with Gasteiger partial charge in [0.15, 0.2) is 0 Å². The lowest BCUT2D eigenvalue weighted by Gasteiger charge is -1.93. The third-order valence-electron chi connectivity index (χ3n) is 1.57. The number of rotatable bonds is 0. The molecule has 0 aromatic heterocycles. The first kappa shape index (κ1) is 8.04. The van der Waals surface area contributed by atoms with Gasteiger partial charge in [-0.3, -0.25) is 0 Å². The van der Waals surface area contributed by atoms with Crippen molar-refractivity contribution < 1.29 is 0 Å². The summed E-state index contributed by atoms with van der Waals surface area (Å²) >= 11 is 4.64. The first-order valence-corrected chi connectivity index (χ1v) is 5.46. The predicted molar refractivity (Wildman–Crippen MR) is 58.1 cm³/mol. The van der Waals surface area contributed by atoms with Crippen LogP contribution in [-0.2, 0) is 0 Å². The third-order valence-corrected chi connectivity index (χ3v) is 3.07. The molecule has 0 saturated heterocycles. The fraction of sp³-hybridized carbons (Fsp3) is 0.429. The first-order valence-electron chi connectivity index (χ1n) is 2.97. The molecule has 1 saturated carbocycles. The molecule has 0 atom stereocenters. The average Bonchev–Trinajstić information content (AvgIpc) is 2.33. The number of hydrogen-bond acceptors (Lipinski definition) is 0. The second kappa shape index (κ2) is 3.95. The highest BCUT2D eigenvalue weighted by molar-refractivity contribution is 14.1. The van der Waals surface area contributed by atoms with Gasteiger partial charge in [-0.25, -0.2) is 0 Å². The van der Waals surface area contributed by atoms with E-state index in [1.165, 1.54) is 19.3 Å². The molecule has 1 fully saturated rings. The Morgan fingerprint density at radius 1 is 1.00 bits per heavy atom. The lowest BCUT2D eigenvalue weighted by atomic mass is 10.2. The Kier molecular flexibility index (Phi) is 3.53. The van der Waals surface area contributed by atoms with Crippen molar-refractivity contribution in [1.82, 2.24) is 0 Å². The maximum Gasteiger partial charge on any atom is -0.0199 e. The van der Waals surface area contributed by atoms with Crippen LogP contribution >= 0.6 is 45.2 Å². The van der Waals surface area contributed by atoms with Crippen LogP contribution in [0.5, 0.6) is 0 Å². The van der Waals surface area contributed by atoms with Gasteiger partial charge in [0.25, 0.3) is 0 Å². The largest absolute Gasteiger partial charge is 0.0527 e. The van der Waals surface area contributed by atoms with Gasteiger partial charge >= 0.3 is 0 Å². The SMILES string of the molecule is I/C=C1/CCC/C1=C/I. The van der Waals surface area contributed by atoms with E-state index in [1.807, 2.05) is 0 Å². The second-order valence-electron chi connectivity index (χ2n) is 2.12. The van der Waals surface area contributed by atoms with Crippen LogP contribution in [0.2, 0.25) is 0 Å². The van der Waals surface area contributed by atoms with Crippen LogP contribution in [-0.4, -0.2) is 0 Å². The molecule has 0 nitrogen and oxygen atoms in total. The summed E-state index contributed by atoms with van der Waals surface area (Å²) in [7, 11) is 0. The Morgan fingerprint density at radius 2 is 1.44 bits per heavy atom. The highest BCUT2D eigenvalue weighted by Gasteiger charge is 2.10. The van der Waals surface area contributed by atoms with Crippen LogP contribution in [0.1, 0.15) is 19.3 Å². The van der Waals surface area contributed by atoms with Crippen LogP contribution < -0.4 is 0 Å². The molecule has 0 unspecified atom stereocenters. The van der Waals surface area contributed by atoms with E-state index >= 15 is 0 Å². The second-order valence-corrected chi connectivity index (χ2v) is 3.37. The van der Waals surface area contributed by atoms with Crippen molar-refractivity contribution in [2.75, 3.05) is 0 Å². The number of hydrogen-bond donors (Lipinski definition) is 0. The van der Waals surface area contributed by atoms with Gasteiger partial charge in [-0.05, 0) is 38.6 Å². The Bertz CT molecular complexity index is 138. The van der Waals surface area contributed by atoms with Gasteiger partial charge in [0, 0.05) is 0 Å². The fourth-order valence-corrected chi connectivity index (χ4v) is 2.46. The molecule has 0 bridgehead atoms. The topological polar surface area (TPSA) is 0 Å². The van der Waals surface area contributed by atoms with Gasteiger partial charge in [0.1, 0.15) is 0 Å². The minimum absolute atomic E-state index is 1.29. The van der Waals surface area contributed by atoms with Crippen molar-refractivity contribution in [2.45, 2.75) is 19.3 Å². The van der Waals surface area contributed by atoms with Gasteiger partial charge in [0.2, 0.25) is 0 Å². The molecule has 0 aliphatic heterocycles. The molecule has 0 N–H and O–H groups in total. The van der Waals surface area contributed by atoms with Gasteiger partial charge in [-0.1, -0.05) is 45.2 Å². The zero-order valence-corrected chi connectivity index (χ0v) is 9.35. The van der Waals surface area contributed by atoms with Crippen molar-refractivity contribution >= 4 is 45.2 Å². The highest BCUT2D eigenvalue weighted by Crippen LogP contribution is 2.31. The molecule has 0 aromatic carbocycles. The van der Waals surface area contributed by atoms with Crippen molar-refractivity contribution in [3.8, 4) is 0 Å². The summed E-state index contributed by atoms with van der Waals surface area (Å²) in [5, 5.41) is 0. The van der Waals surface area contributed by atoms with Crippen LogP contribution in [0.25, 0.3) is 0 Å².